The van der Waals surface area contributed by atoms with E-state index < -0.39 is 0 Å². The van der Waals surface area contributed by atoms with Gasteiger partial charge in [-0.15, -0.1) is 0 Å². The maximum atomic E-state index is 6.35. The summed E-state index contributed by atoms with van der Waals surface area (Å²) >= 11 is 0. The van der Waals surface area contributed by atoms with E-state index in [2.05, 4.69) is 75.3 Å². The molecule has 0 saturated heterocycles. The molecule has 1 atom stereocenters. The van der Waals surface area contributed by atoms with Crippen LogP contribution in [0, 0.1) is 5.92 Å². The van der Waals surface area contributed by atoms with Gasteiger partial charge in [0, 0.05) is 12.0 Å². The first-order valence-corrected chi connectivity index (χ1v) is 8.31. The van der Waals surface area contributed by atoms with Crippen LogP contribution in [-0.4, -0.2) is 32.1 Å². The fourth-order valence-electron chi connectivity index (χ4n) is 3.55. The zero-order chi connectivity index (χ0) is 16.2. The third-order valence-corrected chi connectivity index (χ3v) is 4.59. The Morgan fingerprint density at radius 2 is 1.73 bits per heavy atom. The van der Waals surface area contributed by atoms with Gasteiger partial charge < -0.3 is 10.6 Å². The molecule has 0 aromatic heterocycles. The van der Waals surface area contributed by atoms with Crippen LogP contribution < -0.4 is 5.73 Å². The molecular weight excluding hydrogens is 268 g/mol. The van der Waals surface area contributed by atoms with Crippen LogP contribution in [-0.2, 0) is 5.41 Å². The van der Waals surface area contributed by atoms with Crippen molar-refractivity contribution in [1.82, 2.24) is 4.90 Å². The molecule has 2 rings (SSSR count). The lowest BCUT2D eigenvalue weighted by molar-refractivity contribution is 0.278. The van der Waals surface area contributed by atoms with Crippen LogP contribution in [0.3, 0.4) is 0 Å². The monoisotopic (exact) mass is 298 g/mol. The molecule has 0 unspecified atom stereocenters. The third-order valence-electron chi connectivity index (χ3n) is 4.59. The lowest BCUT2D eigenvalue weighted by atomic mass is 9.70. The van der Waals surface area contributed by atoms with E-state index >= 15 is 0 Å². The van der Waals surface area contributed by atoms with E-state index in [-0.39, 0.29) is 5.41 Å². The standard InChI is InChI=1S/C20H30N2/c1-16(2)14-20(15-21,12-13-22(3)4)19-11-7-9-17-8-5-6-10-18(17)19/h5-11,16H,12-15,21H2,1-4H3/t20-/m1/s1. The second-order valence-electron chi connectivity index (χ2n) is 7.16. The highest BCUT2D eigenvalue weighted by Crippen LogP contribution is 2.38. The minimum Gasteiger partial charge on any atom is -0.330 e. The summed E-state index contributed by atoms with van der Waals surface area (Å²) in [5, 5.41) is 2.67. The SMILES string of the molecule is CC(C)C[C@@](CN)(CCN(C)C)c1cccc2ccccc12. The van der Waals surface area contributed by atoms with Gasteiger partial charge in [0.25, 0.3) is 0 Å². The first-order chi connectivity index (χ1) is 10.5. The minimum atomic E-state index is 0.0549. The quantitative estimate of drug-likeness (QED) is 0.836. The van der Waals surface area contributed by atoms with Crippen molar-refractivity contribution in [2.45, 2.75) is 32.1 Å². The molecule has 2 aromatic carbocycles. The maximum absolute atomic E-state index is 6.35. The summed E-state index contributed by atoms with van der Waals surface area (Å²) in [5.74, 6) is 0.629. The minimum absolute atomic E-state index is 0.0549. The van der Waals surface area contributed by atoms with E-state index in [1.54, 1.807) is 0 Å². The van der Waals surface area contributed by atoms with Crippen molar-refractivity contribution in [3.63, 3.8) is 0 Å². The molecule has 0 heterocycles. The van der Waals surface area contributed by atoms with Crippen molar-refractivity contribution in [3.05, 3.63) is 48.0 Å². The molecule has 0 fully saturated rings. The van der Waals surface area contributed by atoms with E-state index in [9.17, 15) is 0 Å². The van der Waals surface area contributed by atoms with Crippen molar-refractivity contribution in [2.24, 2.45) is 11.7 Å². The molecule has 2 heteroatoms. The average Bonchev–Trinajstić information content (AvgIpc) is 2.50. The van der Waals surface area contributed by atoms with Crippen LogP contribution in [0.15, 0.2) is 42.5 Å². The number of hydrogen-bond acceptors (Lipinski definition) is 2. The van der Waals surface area contributed by atoms with Gasteiger partial charge >= 0.3 is 0 Å². The predicted molar refractivity (Wildman–Crippen MR) is 97.3 cm³/mol. The second-order valence-corrected chi connectivity index (χ2v) is 7.16. The van der Waals surface area contributed by atoms with Crippen LogP contribution in [0.25, 0.3) is 10.8 Å². The summed E-state index contributed by atoms with van der Waals surface area (Å²) in [6.07, 6.45) is 2.23. The van der Waals surface area contributed by atoms with Crippen molar-refractivity contribution in [3.8, 4) is 0 Å². The molecule has 0 radical (unpaired) electrons. The Morgan fingerprint density at radius 1 is 1.05 bits per heavy atom. The van der Waals surface area contributed by atoms with Gasteiger partial charge in [0.2, 0.25) is 0 Å². The van der Waals surface area contributed by atoms with Crippen LogP contribution in [0.1, 0.15) is 32.3 Å². The highest BCUT2D eigenvalue weighted by Gasteiger charge is 2.32. The molecule has 2 N–H and O–H groups in total. The highest BCUT2D eigenvalue weighted by molar-refractivity contribution is 5.86. The molecular formula is C20H30N2. The summed E-state index contributed by atoms with van der Waals surface area (Å²) in [6, 6.07) is 15.3. The van der Waals surface area contributed by atoms with Gasteiger partial charge in [-0.2, -0.15) is 0 Å². The Kier molecular flexibility index (Phi) is 5.60. The zero-order valence-electron chi connectivity index (χ0n) is 14.5. The molecule has 2 nitrogen and oxygen atoms in total. The topological polar surface area (TPSA) is 29.3 Å². The average molecular weight is 298 g/mol. The van der Waals surface area contributed by atoms with Crippen LogP contribution >= 0.6 is 0 Å². The Labute approximate surface area is 135 Å². The Balaban J connectivity index is 2.54. The molecule has 0 spiro atoms. The van der Waals surface area contributed by atoms with E-state index in [1.165, 1.54) is 16.3 Å². The van der Waals surface area contributed by atoms with Crippen molar-refractivity contribution in [2.75, 3.05) is 27.2 Å². The molecule has 120 valence electrons. The number of fused-ring (bicyclic) bond motifs is 1. The second kappa shape index (κ2) is 7.26. The molecule has 0 aliphatic heterocycles. The Hall–Kier alpha value is -1.38. The Morgan fingerprint density at radius 3 is 2.36 bits per heavy atom. The molecule has 22 heavy (non-hydrogen) atoms. The van der Waals surface area contributed by atoms with Gasteiger partial charge in [-0.3, -0.25) is 0 Å². The fourth-order valence-corrected chi connectivity index (χ4v) is 3.55. The molecule has 0 aliphatic carbocycles. The summed E-state index contributed by atoms with van der Waals surface area (Å²) in [5.41, 5.74) is 7.82. The maximum Gasteiger partial charge on any atom is 0.00962 e. The third kappa shape index (κ3) is 3.68. The molecule has 2 aromatic rings. The van der Waals surface area contributed by atoms with E-state index in [4.69, 9.17) is 5.73 Å². The number of rotatable bonds is 7. The van der Waals surface area contributed by atoms with Crippen molar-refractivity contribution >= 4 is 10.8 Å². The predicted octanol–water partition coefficient (Wildman–Crippen LogP) is 4.03. The van der Waals surface area contributed by atoms with Gasteiger partial charge in [0.05, 0.1) is 0 Å². The Bertz CT molecular complexity index is 598. The highest BCUT2D eigenvalue weighted by atomic mass is 15.0. The van der Waals surface area contributed by atoms with Gasteiger partial charge in [-0.1, -0.05) is 56.3 Å². The number of hydrogen-bond donors (Lipinski definition) is 1. The largest absolute Gasteiger partial charge is 0.330 e. The molecule has 0 amide bonds. The van der Waals surface area contributed by atoms with Gasteiger partial charge in [-0.05, 0) is 55.7 Å². The number of benzene rings is 2. The summed E-state index contributed by atoms with van der Waals surface area (Å²) in [6.45, 7) is 6.36. The van der Waals surface area contributed by atoms with Crippen LogP contribution in [0.2, 0.25) is 0 Å². The first kappa shape index (κ1) is 17.0. The van der Waals surface area contributed by atoms with Crippen molar-refractivity contribution < 1.29 is 0 Å². The molecule has 0 bridgehead atoms. The van der Waals surface area contributed by atoms with Crippen molar-refractivity contribution in [1.29, 1.82) is 0 Å². The molecule has 0 saturated carbocycles. The van der Waals surface area contributed by atoms with Gasteiger partial charge in [-0.25, -0.2) is 0 Å². The van der Waals surface area contributed by atoms with Gasteiger partial charge in [0.15, 0.2) is 0 Å². The number of nitrogens with zero attached hydrogens (tertiary/aromatic N) is 1. The van der Waals surface area contributed by atoms with E-state index in [0.29, 0.717) is 12.5 Å². The summed E-state index contributed by atoms with van der Waals surface area (Å²) in [7, 11) is 4.28. The zero-order valence-corrected chi connectivity index (χ0v) is 14.5. The smallest absolute Gasteiger partial charge is 0.00962 e. The number of nitrogens with two attached hydrogens (primary N) is 1. The normalized spacial score (nSPS) is 14.7. The molecule has 0 aliphatic rings. The van der Waals surface area contributed by atoms with Gasteiger partial charge in [0.1, 0.15) is 0 Å². The van der Waals surface area contributed by atoms with Crippen LogP contribution in [0.4, 0.5) is 0 Å². The van der Waals surface area contributed by atoms with Crippen LogP contribution in [0.5, 0.6) is 0 Å². The summed E-state index contributed by atoms with van der Waals surface area (Å²) in [4.78, 5) is 2.26. The lowest BCUT2D eigenvalue weighted by Gasteiger charge is -2.37. The lowest BCUT2D eigenvalue weighted by Crippen LogP contribution is -2.39. The van der Waals surface area contributed by atoms with E-state index in [0.717, 1.165) is 19.4 Å². The summed E-state index contributed by atoms with van der Waals surface area (Å²) < 4.78 is 0. The fraction of sp³-hybridized carbons (Fsp3) is 0.500. The van der Waals surface area contributed by atoms with E-state index in [1.807, 2.05) is 0 Å². The first-order valence-electron chi connectivity index (χ1n) is 8.31.